The largest absolute Gasteiger partial charge is 0.478 e. The third kappa shape index (κ3) is 2.92. The molecule has 0 amide bonds. The molecule has 0 fully saturated rings. The van der Waals surface area contributed by atoms with Crippen molar-refractivity contribution in [3.63, 3.8) is 0 Å². The average molecular weight is 327 g/mol. The number of carboxylic acids is 1. The summed E-state index contributed by atoms with van der Waals surface area (Å²) in [6.45, 7) is 0.675. The summed E-state index contributed by atoms with van der Waals surface area (Å²) in [6.07, 6.45) is 0. The van der Waals surface area contributed by atoms with Gasteiger partial charge in [0.1, 0.15) is 0 Å². The van der Waals surface area contributed by atoms with Gasteiger partial charge in [0.05, 0.1) is 5.56 Å². The molecule has 0 atom stereocenters. The molecular weight excluding hydrogens is 310 g/mol. The fourth-order valence-electron chi connectivity index (χ4n) is 3.22. The monoisotopic (exact) mass is 327 g/mol. The Bertz CT molecular complexity index is 1010. The van der Waals surface area contributed by atoms with E-state index in [2.05, 4.69) is 59.9 Å². The zero-order valence-corrected chi connectivity index (χ0v) is 13.6. The zero-order valence-electron chi connectivity index (χ0n) is 13.6. The summed E-state index contributed by atoms with van der Waals surface area (Å²) in [4.78, 5) is 11.0. The fraction of sp³-hybridized carbons (Fsp3) is 0.0455. The molecule has 0 saturated heterocycles. The molecule has 0 bridgehead atoms. The molecule has 0 aliphatic heterocycles. The van der Waals surface area contributed by atoms with Crippen LogP contribution in [0, 0.1) is 0 Å². The summed E-state index contributed by atoms with van der Waals surface area (Å²) in [5.74, 6) is -0.911. The van der Waals surface area contributed by atoms with Crippen LogP contribution in [0.15, 0.2) is 78.9 Å². The molecule has 3 nitrogen and oxygen atoms in total. The fourth-order valence-corrected chi connectivity index (χ4v) is 3.22. The number of carboxylic acid groups (broad SMARTS) is 1. The Kier molecular flexibility index (Phi) is 3.82. The number of carbonyl (C=O) groups is 1. The van der Waals surface area contributed by atoms with Gasteiger partial charge in [-0.25, -0.2) is 4.79 Å². The van der Waals surface area contributed by atoms with Gasteiger partial charge in [0, 0.05) is 12.2 Å². The summed E-state index contributed by atoms with van der Waals surface area (Å²) in [5, 5.41) is 17.3. The molecule has 0 radical (unpaired) electrons. The standard InChI is InChI=1S/C22H17NO2/c24-22(25)15-9-11-18(12-10-15)23-14-21-19-7-3-1-5-16(19)13-17-6-2-4-8-20(17)21/h1-13,23H,14H2,(H,24,25). The molecular formula is C22H17NO2. The Morgan fingerprint density at radius 1 is 0.800 bits per heavy atom. The van der Waals surface area contributed by atoms with Crippen molar-refractivity contribution in [1.82, 2.24) is 0 Å². The number of benzene rings is 4. The van der Waals surface area contributed by atoms with E-state index in [-0.39, 0.29) is 0 Å². The lowest BCUT2D eigenvalue weighted by Gasteiger charge is -2.13. The molecule has 0 spiro atoms. The lowest BCUT2D eigenvalue weighted by molar-refractivity contribution is 0.0697. The Balaban J connectivity index is 1.73. The predicted molar refractivity (Wildman–Crippen MR) is 102 cm³/mol. The first-order valence-corrected chi connectivity index (χ1v) is 8.19. The van der Waals surface area contributed by atoms with Crippen LogP contribution in [0.2, 0.25) is 0 Å². The quantitative estimate of drug-likeness (QED) is 0.500. The van der Waals surface area contributed by atoms with Gasteiger partial charge in [-0.15, -0.1) is 0 Å². The molecule has 4 aromatic rings. The first kappa shape index (κ1) is 15.2. The minimum atomic E-state index is -0.911. The molecule has 25 heavy (non-hydrogen) atoms. The molecule has 4 rings (SSSR count). The van der Waals surface area contributed by atoms with Crippen LogP contribution in [0.25, 0.3) is 21.5 Å². The number of hydrogen-bond acceptors (Lipinski definition) is 2. The molecule has 122 valence electrons. The maximum absolute atomic E-state index is 11.0. The van der Waals surface area contributed by atoms with Crippen LogP contribution in [0.5, 0.6) is 0 Å². The van der Waals surface area contributed by atoms with Crippen molar-refractivity contribution in [3.8, 4) is 0 Å². The van der Waals surface area contributed by atoms with Crippen LogP contribution >= 0.6 is 0 Å². The first-order chi connectivity index (χ1) is 12.2. The highest BCUT2D eigenvalue weighted by molar-refractivity contribution is 6.02. The maximum atomic E-state index is 11.0. The van der Waals surface area contributed by atoms with Gasteiger partial charge in [0.25, 0.3) is 0 Å². The highest BCUT2D eigenvalue weighted by atomic mass is 16.4. The second-order valence-electron chi connectivity index (χ2n) is 6.03. The van der Waals surface area contributed by atoms with Crippen molar-refractivity contribution >= 4 is 33.2 Å². The number of anilines is 1. The molecule has 2 N–H and O–H groups in total. The van der Waals surface area contributed by atoms with Gasteiger partial charge >= 0.3 is 5.97 Å². The number of aromatic carboxylic acids is 1. The van der Waals surface area contributed by atoms with Crippen LogP contribution in [-0.2, 0) is 6.54 Å². The second kappa shape index (κ2) is 6.29. The number of rotatable bonds is 4. The van der Waals surface area contributed by atoms with Crippen molar-refractivity contribution in [2.24, 2.45) is 0 Å². The molecule has 0 aromatic heterocycles. The lowest BCUT2D eigenvalue weighted by atomic mass is 9.96. The third-order valence-corrected chi connectivity index (χ3v) is 4.48. The van der Waals surface area contributed by atoms with Crippen LogP contribution in [0.3, 0.4) is 0 Å². The van der Waals surface area contributed by atoms with Crippen molar-refractivity contribution < 1.29 is 9.90 Å². The maximum Gasteiger partial charge on any atom is 0.335 e. The van der Waals surface area contributed by atoms with Crippen LogP contribution in [-0.4, -0.2) is 11.1 Å². The smallest absolute Gasteiger partial charge is 0.335 e. The molecule has 0 unspecified atom stereocenters. The van der Waals surface area contributed by atoms with Gasteiger partial charge < -0.3 is 10.4 Å². The van der Waals surface area contributed by atoms with Gasteiger partial charge in [-0.05, 0) is 57.4 Å². The Hall–Kier alpha value is -3.33. The topological polar surface area (TPSA) is 49.3 Å². The summed E-state index contributed by atoms with van der Waals surface area (Å²) >= 11 is 0. The van der Waals surface area contributed by atoms with E-state index < -0.39 is 5.97 Å². The van der Waals surface area contributed by atoms with Gasteiger partial charge in [-0.2, -0.15) is 0 Å². The Morgan fingerprint density at radius 3 is 1.92 bits per heavy atom. The van der Waals surface area contributed by atoms with Crippen molar-refractivity contribution in [2.45, 2.75) is 6.54 Å². The van der Waals surface area contributed by atoms with E-state index >= 15 is 0 Å². The predicted octanol–water partition coefficient (Wildman–Crippen LogP) is 5.30. The van der Waals surface area contributed by atoms with E-state index in [0.29, 0.717) is 12.1 Å². The van der Waals surface area contributed by atoms with E-state index in [1.807, 2.05) is 0 Å². The molecule has 3 heteroatoms. The minimum Gasteiger partial charge on any atom is -0.478 e. The van der Waals surface area contributed by atoms with Crippen LogP contribution in [0.4, 0.5) is 5.69 Å². The number of nitrogens with one attached hydrogen (secondary N) is 1. The van der Waals surface area contributed by atoms with Gasteiger partial charge in [0.15, 0.2) is 0 Å². The summed E-state index contributed by atoms with van der Waals surface area (Å²) in [6, 6.07) is 25.8. The van der Waals surface area contributed by atoms with Crippen LogP contribution in [0.1, 0.15) is 15.9 Å². The SMILES string of the molecule is O=C(O)c1ccc(NCc2c3ccccc3cc3ccccc23)cc1. The van der Waals surface area contributed by atoms with E-state index in [0.717, 1.165) is 5.69 Å². The summed E-state index contributed by atoms with van der Waals surface area (Å²) in [7, 11) is 0. The van der Waals surface area contributed by atoms with E-state index in [1.54, 1.807) is 24.3 Å². The third-order valence-electron chi connectivity index (χ3n) is 4.48. The Labute approximate surface area is 145 Å². The average Bonchev–Trinajstić information content (AvgIpc) is 2.65. The molecule has 4 aromatic carbocycles. The molecule has 0 aliphatic rings. The number of fused-ring (bicyclic) bond motifs is 2. The van der Waals surface area contributed by atoms with Crippen molar-refractivity contribution in [1.29, 1.82) is 0 Å². The molecule has 0 aliphatic carbocycles. The van der Waals surface area contributed by atoms with Crippen LogP contribution < -0.4 is 5.32 Å². The first-order valence-electron chi connectivity index (χ1n) is 8.19. The van der Waals surface area contributed by atoms with E-state index in [1.165, 1.54) is 27.1 Å². The normalized spacial score (nSPS) is 10.9. The van der Waals surface area contributed by atoms with E-state index in [4.69, 9.17) is 5.11 Å². The number of hydrogen-bond donors (Lipinski definition) is 2. The van der Waals surface area contributed by atoms with Gasteiger partial charge in [0.2, 0.25) is 0 Å². The van der Waals surface area contributed by atoms with Gasteiger partial charge in [-0.3, -0.25) is 0 Å². The van der Waals surface area contributed by atoms with Crippen molar-refractivity contribution in [2.75, 3.05) is 5.32 Å². The second-order valence-corrected chi connectivity index (χ2v) is 6.03. The summed E-state index contributed by atoms with van der Waals surface area (Å²) < 4.78 is 0. The highest BCUT2D eigenvalue weighted by Crippen LogP contribution is 2.29. The van der Waals surface area contributed by atoms with E-state index in [9.17, 15) is 4.79 Å². The highest BCUT2D eigenvalue weighted by Gasteiger charge is 2.07. The lowest BCUT2D eigenvalue weighted by Crippen LogP contribution is -2.02. The Morgan fingerprint density at radius 2 is 1.36 bits per heavy atom. The van der Waals surface area contributed by atoms with Crippen molar-refractivity contribution in [3.05, 3.63) is 90.0 Å². The zero-order chi connectivity index (χ0) is 17.2. The molecule has 0 heterocycles. The summed E-state index contributed by atoms with van der Waals surface area (Å²) in [5.41, 5.74) is 2.44. The molecule has 0 saturated carbocycles. The minimum absolute atomic E-state index is 0.293. The van der Waals surface area contributed by atoms with Gasteiger partial charge in [-0.1, -0.05) is 48.5 Å².